The third-order valence-corrected chi connectivity index (χ3v) is 6.32. The van der Waals surface area contributed by atoms with Crippen molar-refractivity contribution in [1.82, 2.24) is 9.88 Å². The molecule has 0 bridgehead atoms. The summed E-state index contributed by atoms with van der Waals surface area (Å²) in [6, 6.07) is 16.3. The second kappa shape index (κ2) is 8.95. The van der Waals surface area contributed by atoms with Gasteiger partial charge in [0.1, 0.15) is 10.8 Å². The van der Waals surface area contributed by atoms with E-state index in [1.807, 2.05) is 36.4 Å². The summed E-state index contributed by atoms with van der Waals surface area (Å²) in [6.07, 6.45) is 1.15. The number of hydrogen-bond donors (Lipinski definition) is 0. The molecule has 0 aliphatic carbocycles. The van der Waals surface area contributed by atoms with Crippen molar-refractivity contribution in [2.45, 2.75) is 13.0 Å². The van der Waals surface area contributed by atoms with Crippen molar-refractivity contribution >= 4 is 28.6 Å². The van der Waals surface area contributed by atoms with Gasteiger partial charge in [-0.25, -0.2) is 4.98 Å². The maximum Gasteiger partial charge on any atom is 0.125 e. The van der Waals surface area contributed by atoms with Crippen molar-refractivity contribution in [3.05, 3.63) is 64.6 Å². The van der Waals surface area contributed by atoms with E-state index in [9.17, 15) is 0 Å². The number of benzene rings is 2. The molecule has 0 spiro atoms. The maximum absolute atomic E-state index is 6.32. The van der Waals surface area contributed by atoms with Gasteiger partial charge >= 0.3 is 0 Å². The zero-order chi connectivity index (χ0) is 19.3. The lowest BCUT2D eigenvalue weighted by atomic mass is 10.2. The molecule has 0 atom stereocenters. The fraction of sp³-hybridized carbons (Fsp3) is 0.318. The largest absolute Gasteiger partial charge is 0.497 e. The SMILES string of the molecule is COc1ccc(N2CCCN(Cc3csc(-c4ccccc4Cl)n3)CC2)cc1. The molecule has 0 saturated carbocycles. The topological polar surface area (TPSA) is 28.6 Å². The molecule has 28 heavy (non-hydrogen) atoms. The van der Waals surface area contributed by atoms with Crippen LogP contribution in [-0.2, 0) is 6.54 Å². The molecule has 1 fully saturated rings. The summed E-state index contributed by atoms with van der Waals surface area (Å²) in [4.78, 5) is 9.78. The second-order valence-corrected chi connectivity index (χ2v) is 8.20. The summed E-state index contributed by atoms with van der Waals surface area (Å²) in [5.74, 6) is 0.901. The summed E-state index contributed by atoms with van der Waals surface area (Å²) in [5, 5.41) is 3.91. The van der Waals surface area contributed by atoms with Gasteiger partial charge < -0.3 is 9.64 Å². The van der Waals surface area contributed by atoms with Crippen molar-refractivity contribution in [2.24, 2.45) is 0 Å². The van der Waals surface area contributed by atoms with E-state index in [0.717, 1.165) is 66.2 Å². The van der Waals surface area contributed by atoms with Gasteiger partial charge in [0.15, 0.2) is 0 Å². The lowest BCUT2D eigenvalue weighted by Gasteiger charge is -2.23. The van der Waals surface area contributed by atoms with Gasteiger partial charge in [0, 0.05) is 49.4 Å². The van der Waals surface area contributed by atoms with Crippen LogP contribution >= 0.6 is 22.9 Å². The van der Waals surface area contributed by atoms with E-state index in [1.165, 1.54) is 5.69 Å². The Kier molecular flexibility index (Phi) is 6.15. The van der Waals surface area contributed by atoms with E-state index < -0.39 is 0 Å². The van der Waals surface area contributed by atoms with Crippen LogP contribution in [0.4, 0.5) is 5.69 Å². The predicted molar refractivity (Wildman–Crippen MR) is 118 cm³/mol. The second-order valence-electron chi connectivity index (χ2n) is 6.94. The molecular formula is C22H24ClN3OS. The molecule has 2 aromatic carbocycles. The predicted octanol–water partition coefficient (Wildman–Crippen LogP) is 5.18. The minimum absolute atomic E-state index is 0.758. The summed E-state index contributed by atoms with van der Waals surface area (Å²) >= 11 is 7.98. The Morgan fingerprint density at radius 2 is 1.86 bits per heavy atom. The third-order valence-electron chi connectivity index (χ3n) is 5.07. The molecule has 1 aliphatic rings. The Hall–Kier alpha value is -2.08. The standard InChI is InChI=1S/C22H24ClN3OS/c1-27-19-9-7-18(8-10-19)26-12-4-11-25(13-14-26)15-17-16-28-22(24-17)20-5-2-3-6-21(20)23/h2-3,5-10,16H,4,11-15H2,1H3. The lowest BCUT2D eigenvalue weighted by Crippen LogP contribution is -2.30. The molecule has 4 rings (SSSR count). The molecule has 1 aliphatic heterocycles. The number of nitrogens with zero attached hydrogens (tertiary/aromatic N) is 3. The summed E-state index contributed by atoms with van der Waals surface area (Å²) < 4.78 is 5.26. The van der Waals surface area contributed by atoms with Crippen LogP contribution in [0.5, 0.6) is 5.75 Å². The Morgan fingerprint density at radius 3 is 2.64 bits per heavy atom. The van der Waals surface area contributed by atoms with Crippen molar-refractivity contribution in [1.29, 1.82) is 0 Å². The number of ether oxygens (including phenoxy) is 1. The number of hydrogen-bond acceptors (Lipinski definition) is 5. The Bertz CT molecular complexity index is 912. The van der Waals surface area contributed by atoms with Gasteiger partial charge in [-0.15, -0.1) is 11.3 Å². The van der Waals surface area contributed by atoms with E-state index in [1.54, 1.807) is 18.4 Å². The fourth-order valence-electron chi connectivity index (χ4n) is 3.55. The minimum atomic E-state index is 0.758. The Morgan fingerprint density at radius 1 is 1.04 bits per heavy atom. The van der Waals surface area contributed by atoms with Crippen molar-refractivity contribution in [3.63, 3.8) is 0 Å². The van der Waals surface area contributed by atoms with Crippen molar-refractivity contribution < 1.29 is 4.74 Å². The zero-order valence-corrected chi connectivity index (χ0v) is 17.5. The first-order valence-electron chi connectivity index (χ1n) is 9.53. The highest BCUT2D eigenvalue weighted by molar-refractivity contribution is 7.13. The van der Waals surface area contributed by atoms with E-state index in [2.05, 4.69) is 27.3 Å². The number of rotatable bonds is 5. The molecule has 0 N–H and O–H groups in total. The van der Waals surface area contributed by atoms with Gasteiger partial charge in [-0.2, -0.15) is 0 Å². The molecule has 0 unspecified atom stereocenters. The van der Waals surface area contributed by atoms with Gasteiger partial charge in [-0.05, 0) is 36.8 Å². The van der Waals surface area contributed by atoms with Gasteiger partial charge in [-0.3, -0.25) is 4.90 Å². The molecule has 6 heteroatoms. The van der Waals surface area contributed by atoms with E-state index in [4.69, 9.17) is 21.3 Å². The van der Waals surface area contributed by atoms with Crippen LogP contribution in [0.1, 0.15) is 12.1 Å². The third kappa shape index (κ3) is 4.49. The van der Waals surface area contributed by atoms with Gasteiger partial charge in [-0.1, -0.05) is 29.8 Å². The first-order valence-corrected chi connectivity index (χ1v) is 10.8. The first kappa shape index (κ1) is 19.2. The molecule has 0 radical (unpaired) electrons. The normalized spacial score (nSPS) is 15.4. The highest BCUT2D eigenvalue weighted by atomic mass is 35.5. The number of thiazole rings is 1. The van der Waals surface area contributed by atoms with Gasteiger partial charge in [0.05, 0.1) is 17.8 Å². The van der Waals surface area contributed by atoms with Crippen LogP contribution in [0.15, 0.2) is 53.9 Å². The van der Waals surface area contributed by atoms with Gasteiger partial charge in [0.2, 0.25) is 0 Å². The first-order chi connectivity index (χ1) is 13.7. The minimum Gasteiger partial charge on any atom is -0.497 e. The average molecular weight is 414 g/mol. The number of anilines is 1. The van der Waals surface area contributed by atoms with Crippen LogP contribution < -0.4 is 9.64 Å². The molecule has 2 heterocycles. The summed E-state index contributed by atoms with van der Waals surface area (Å²) in [6.45, 7) is 5.10. The maximum atomic E-state index is 6.32. The monoisotopic (exact) mass is 413 g/mol. The van der Waals surface area contributed by atoms with Crippen LogP contribution in [0.25, 0.3) is 10.6 Å². The lowest BCUT2D eigenvalue weighted by molar-refractivity contribution is 0.282. The smallest absolute Gasteiger partial charge is 0.125 e. The molecule has 1 aromatic heterocycles. The summed E-state index contributed by atoms with van der Waals surface area (Å²) in [5.41, 5.74) is 3.40. The summed E-state index contributed by atoms with van der Waals surface area (Å²) in [7, 11) is 1.70. The highest BCUT2D eigenvalue weighted by Crippen LogP contribution is 2.30. The van der Waals surface area contributed by atoms with E-state index in [-0.39, 0.29) is 0 Å². The number of aromatic nitrogens is 1. The number of methoxy groups -OCH3 is 1. The number of halogens is 1. The fourth-order valence-corrected chi connectivity index (χ4v) is 4.68. The Labute approximate surface area is 175 Å². The van der Waals surface area contributed by atoms with Crippen molar-refractivity contribution in [2.75, 3.05) is 38.2 Å². The molecule has 146 valence electrons. The van der Waals surface area contributed by atoms with Crippen molar-refractivity contribution in [3.8, 4) is 16.3 Å². The quantitative estimate of drug-likeness (QED) is 0.575. The molecule has 0 amide bonds. The van der Waals surface area contributed by atoms with E-state index >= 15 is 0 Å². The highest BCUT2D eigenvalue weighted by Gasteiger charge is 2.17. The van der Waals surface area contributed by atoms with Crippen LogP contribution in [0, 0.1) is 0 Å². The molecule has 1 saturated heterocycles. The Balaban J connectivity index is 1.38. The average Bonchev–Trinajstić information content (AvgIpc) is 3.06. The van der Waals surface area contributed by atoms with Crippen LogP contribution in [0.3, 0.4) is 0 Å². The molecule has 4 nitrogen and oxygen atoms in total. The van der Waals surface area contributed by atoms with Crippen LogP contribution in [-0.4, -0.2) is 43.2 Å². The molecular weight excluding hydrogens is 390 g/mol. The van der Waals surface area contributed by atoms with E-state index in [0.29, 0.717) is 0 Å². The molecule has 3 aromatic rings. The van der Waals surface area contributed by atoms with Crippen LogP contribution in [0.2, 0.25) is 5.02 Å². The van der Waals surface area contributed by atoms with Gasteiger partial charge in [0.25, 0.3) is 0 Å². The zero-order valence-electron chi connectivity index (χ0n) is 16.0.